The molecular formula is C19H17ClF2N2S. The molecule has 1 atom stereocenters. The van der Waals surface area contributed by atoms with E-state index in [1.807, 2.05) is 37.4 Å². The lowest BCUT2D eigenvalue weighted by molar-refractivity contribution is 0.500. The molecule has 0 aliphatic heterocycles. The van der Waals surface area contributed by atoms with E-state index in [0.717, 1.165) is 27.4 Å². The molecule has 2 nitrogen and oxygen atoms in total. The maximum absolute atomic E-state index is 13.4. The third kappa shape index (κ3) is 4.11. The fourth-order valence-corrected chi connectivity index (χ4v) is 3.23. The van der Waals surface area contributed by atoms with Gasteiger partial charge in [0, 0.05) is 28.4 Å². The Morgan fingerprint density at radius 2 is 1.92 bits per heavy atom. The maximum Gasteiger partial charge on any atom is 0.159 e. The summed E-state index contributed by atoms with van der Waals surface area (Å²) < 4.78 is 26.4. The van der Waals surface area contributed by atoms with Gasteiger partial charge in [-0.3, -0.25) is 0 Å². The third-order valence-corrected chi connectivity index (χ3v) is 5.15. The predicted molar refractivity (Wildman–Crippen MR) is 100 cm³/mol. The standard InChI is InChI=1S/C19H17ClF2N2S/c1-11(12-4-6-16(21)17(22)8-12)23-10-14-7-13-3-5-15(25-2)9-18(13)24-19(14)20/h3-9,11,23H,10H2,1-2H3/t11-/m0/s1. The van der Waals surface area contributed by atoms with Crippen molar-refractivity contribution in [2.45, 2.75) is 24.4 Å². The van der Waals surface area contributed by atoms with Crippen molar-refractivity contribution in [3.8, 4) is 0 Å². The normalized spacial score (nSPS) is 12.5. The Balaban J connectivity index is 1.78. The van der Waals surface area contributed by atoms with Crippen LogP contribution in [0, 0.1) is 11.6 Å². The van der Waals surface area contributed by atoms with Gasteiger partial charge in [-0.15, -0.1) is 11.8 Å². The zero-order valence-electron chi connectivity index (χ0n) is 13.8. The first-order valence-corrected chi connectivity index (χ1v) is 9.39. The highest BCUT2D eigenvalue weighted by atomic mass is 35.5. The number of fused-ring (bicyclic) bond motifs is 1. The first-order chi connectivity index (χ1) is 12.0. The monoisotopic (exact) mass is 378 g/mol. The molecular weight excluding hydrogens is 362 g/mol. The highest BCUT2D eigenvalue weighted by molar-refractivity contribution is 7.98. The van der Waals surface area contributed by atoms with Crippen LogP contribution in [0.3, 0.4) is 0 Å². The van der Waals surface area contributed by atoms with Gasteiger partial charge in [-0.1, -0.05) is 23.7 Å². The van der Waals surface area contributed by atoms with Crippen LogP contribution in [0.4, 0.5) is 8.78 Å². The molecule has 1 N–H and O–H groups in total. The Morgan fingerprint density at radius 1 is 1.12 bits per heavy atom. The minimum absolute atomic E-state index is 0.152. The third-order valence-electron chi connectivity index (χ3n) is 4.09. The van der Waals surface area contributed by atoms with Crippen LogP contribution >= 0.6 is 23.4 Å². The van der Waals surface area contributed by atoms with E-state index in [9.17, 15) is 8.78 Å². The van der Waals surface area contributed by atoms with Crippen molar-refractivity contribution in [1.82, 2.24) is 10.3 Å². The molecule has 3 rings (SSSR count). The van der Waals surface area contributed by atoms with E-state index in [1.54, 1.807) is 17.8 Å². The number of aromatic nitrogens is 1. The van der Waals surface area contributed by atoms with Crippen LogP contribution in [0.2, 0.25) is 5.15 Å². The van der Waals surface area contributed by atoms with Gasteiger partial charge < -0.3 is 5.32 Å². The highest BCUT2D eigenvalue weighted by Gasteiger charge is 2.11. The van der Waals surface area contributed by atoms with Crippen LogP contribution < -0.4 is 5.32 Å². The number of pyridine rings is 1. The maximum atomic E-state index is 13.4. The van der Waals surface area contributed by atoms with E-state index in [1.165, 1.54) is 6.07 Å². The van der Waals surface area contributed by atoms with Gasteiger partial charge in [-0.2, -0.15) is 0 Å². The van der Waals surface area contributed by atoms with Crippen LogP contribution in [0.1, 0.15) is 24.1 Å². The number of nitrogens with zero attached hydrogens (tertiary/aromatic N) is 1. The molecule has 1 aromatic heterocycles. The molecule has 0 amide bonds. The molecule has 6 heteroatoms. The number of benzene rings is 2. The fraction of sp³-hybridized carbons (Fsp3) is 0.211. The lowest BCUT2D eigenvalue weighted by atomic mass is 10.1. The second-order valence-electron chi connectivity index (χ2n) is 5.77. The molecule has 0 unspecified atom stereocenters. The largest absolute Gasteiger partial charge is 0.306 e. The van der Waals surface area contributed by atoms with Gasteiger partial charge in [0.05, 0.1) is 5.52 Å². The van der Waals surface area contributed by atoms with E-state index >= 15 is 0 Å². The van der Waals surface area contributed by atoms with Crippen molar-refractivity contribution >= 4 is 34.3 Å². The molecule has 0 aliphatic rings. The molecule has 3 aromatic rings. The Bertz CT molecular complexity index is 917. The first-order valence-electron chi connectivity index (χ1n) is 7.79. The van der Waals surface area contributed by atoms with Crippen LogP contribution in [-0.4, -0.2) is 11.2 Å². The number of halogens is 3. The van der Waals surface area contributed by atoms with Crippen molar-refractivity contribution in [3.63, 3.8) is 0 Å². The van der Waals surface area contributed by atoms with E-state index in [4.69, 9.17) is 11.6 Å². The minimum Gasteiger partial charge on any atom is -0.306 e. The topological polar surface area (TPSA) is 24.9 Å². The number of thioether (sulfide) groups is 1. The summed E-state index contributed by atoms with van der Waals surface area (Å²) in [7, 11) is 0. The van der Waals surface area contributed by atoms with Gasteiger partial charge in [-0.05, 0) is 49.1 Å². The van der Waals surface area contributed by atoms with Crippen molar-refractivity contribution < 1.29 is 8.78 Å². The quantitative estimate of drug-likeness (QED) is 0.452. The van der Waals surface area contributed by atoms with Crippen LogP contribution in [0.25, 0.3) is 10.9 Å². The SMILES string of the molecule is CSc1ccc2cc(CN[C@@H](C)c3ccc(F)c(F)c3)c(Cl)nc2c1. The second-order valence-corrected chi connectivity index (χ2v) is 7.01. The smallest absolute Gasteiger partial charge is 0.159 e. The average Bonchev–Trinajstić information content (AvgIpc) is 2.61. The number of nitrogens with one attached hydrogen (secondary N) is 1. The van der Waals surface area contributed by atoms with Crippen LogP contribution in [-0.2, 0) is 6.54 Å². The molecule has 130 valence electrons. The molecule has 0 bridgehead atoms. The summed E-state index contributed by atoms with van der Waals surface area (Å²) in [6.07, 6.45) is 2.01. The Morgan fingerprint density at radius 3 is 2.64 bits per heavy atom. The second kappa shape index (κ2) is 7.68. The number of hydrogen-bond donors (Lipinski definition) is 1. The van der Waals surface area contributed by atoms with Gasteiger partial charge in [-0.25, -0.2) is 13.8 Å². The van der Waals surface area contributed by atoms with Crippen molar-refractivity contribution in [2.75, 3.05) is 6.26 Å². The molecule has 2 aromatic carbocycles. The summed E-state index contributed by atoms with van der Waals surface area (Å²) in [4.78, 5) is 5.60. The molecule has 0 radical (unpaired) electrons. The van der Waals surface area contributed by atoms with E-state index in [0.29, 0.717) is 17.3 Å². The van der Waals surface area contributed by atoms with Gasteiger partial charge in [0.1, 0.15) is 5.15 Å². The first kappa shape index (κ1) is 18.1. The van der Waals surface area contributed by atoms with Gasteiger partial charge in [0.2, 0.25) is 0 Å². The van der Waals surface area contributed by atoms with Crippen molar-refractivity contribution in [3.05, 3.63) is 70.4 Å². The molecule has 0 spiro atoms. The molecule has 25 heavy (non-hydrogen) atoms. The Labute approximate surface area is 154 Å². The zero-order chi connectivity index (χ0) is 18.0. The zero-order valence-corrected chi connectivity index (χ0v) is 15.4. The summed E-state index contributed by atoms with van der Waals surface area (Å²) in [5.74, 6) is -1.69. The molecule has 0 saturated carbocycles. The summed E-state index contributed by atoms with van der Waals surface area (Å²) in [6.45, 7) is 2.37. The predicted octanol–water partition coefficient (Wildman–Crippen LogP) is 5.74. The Hall–Kier alpha value is -1.69. The van der Waals surface area contributed by atoms with Gasteiger partial charge >= 0.3 is 0 Å². The van der Waals surface area contributed by atoms with Gasteiger partial charge in [0.15, 0.2) is 11.6 Å². The Kier molecular flexibility index (Phi) is 5.57. The minimum atomic E-state index is -0.846. The molecule has 0 saturated heterocycles. The molecule has 0 aliphatic carbocycles. The van der Waals surface area contributed by atoms with Crippen molar-refractivity contribution in [2.24, 2.45) is 0 Å². The lowest BCUT2D eigenvalue weighted by Crippen LogP contribution is -2.18. The molecule has 1 heterocycles. The summed E-state index contributed by atoms with van der Waals surface area (Å²) in [6, 6.07) is 11.8. The van der Waals surface area contributed by atoms with Crippen LogP contribution in [0.15, 0.2) is 47.4 Å². The van der Waals surface area contributed by atoms with E-state index in [-0.39, 0.29) is 6.04 Å². The van der Waals surface area contributed by atoms with E-state index < -0.39 is 11.6 Å². The fourth-order valence-electron chi connectivity index (χ4n) is 2.58. The summed E-state index contributed by atoms with van der Waals surface area (Å²) >= 11 is 7.96. The van der Waals surface area contributed by atoms with Crippen LogP contribution in [0.5, 0.6) is 0 Å². The highest BCUT2D eigenvalue weighted by Crippen LogP contribution is 2.25. The summed E-state index contributed by atoms with van der Waals surface area (Å²) in [5.41, 5.74) is 2.39. The number of hydrogen-bond acceptors (Lipinski definition) is 3. The summed E-state index contributed by atoms with van der Waals surface area (Å²) in [5, 5.41) is 4.73. The van der Waals surface area contributed by atoms with Crippen molar-refractivity contribution in [1.29, 1.82) is 0 Å². The lowest BCUT2D eigenvalue weighted by Gasteiger charge is -2.15. The average molecular weight is 379 g/mol. The molecule has 0 fully saturated rings. The van der Waals surface area contributed by atoms with E-state index in [2.05, 4.69) is 10.3 Å². The number of rotatable bonds is 5. The van der Waals surface area contributed by atoms with Gasteiger partial charge in [0.25, 0.3) is 0 Å².